The number of hydrazone groups is 1. The highest BCUT2D eigenvalue weighted by Gasteiger charge is 2.50. The smallest absolute Gasteiger partial charge is 0.312 e. The van der Waals surface area contributed by atoms with Gasteiger partial charge in [-0.1, -0.05) is 76.3 Å². The molecule has 0 aromatic heterocycles. The number of nitrogens with one attached hydrogen (secondary N) is 1. The summed E-state index contributed by atoms with van der Waals surface area (Å²) in [4.78, 5) is 43.4. The molecule has 5 bridgehead atoms. The van der Waals surface area contributed by atoms with Crippen molar-refractivity contribution in [3.8, 4) is 23.0 Å². The molecule has 362 valence electrons. The Morgan fingerprint density at radius 3 is 2.19 bits per heavy atom. The molecule has 3 aromatic rings. The van der Waals surface area contributed by atoms with Gasteiger partial charge in [-0.15, -0.1) is 0 Å². The molecule has 0 aliphatic carbocycles. The molecule has 0 saturated carbocycles. The Bertz CT molecular complexity index is 2460. The molecule has 4 aliphatic rings. The van der Waals surface area contributed by atoms with Crippen molar-refractivity contribution in [3.05, 3.63) is 88.7 Å². The molecular weight excluding hydrogens is 861 g/mol. The molecule has 11 atom stereocenters. The number of methoxy groups -OCH3 is 1. The topological polar surface area (TPSA) is 220 Å². The molecule has 16 heteroatoms. The highest BCUT2D eigenvalue weighted by molar-refractivity contribution is 6.23. The summed E-state index contributed by atoms with van der Waals surface area (Å²) in [7, 11) is 1.44. The van der Waals surface area contributed by atoms with E-state index in [0.29, 0.717) is 13.1 Å². The number of hydrogen-bond donors (Lipinski definition) is 6. The van der Waals surface area contributed by atoms with Crippen molar-refractivity contribution in [1.29, 1.82) is 0 Å². The van der Waals surface area contributed by atoms with E-state index in [9.17, 15) is 39.9 Å². The zero-order valence-electron chi connectivity index (χ0n) is 40.2. The fourth-order valence-corrected chi connectivity index (χ4v) is 9.54. The molecule has 2 unspecified atom stereocenters. The Kier molecular flexibility index (Phi) is 15.5. The van der Waals surface area contributed by atoms with Crippen LogP contribution in [0.25, 0.3) is 10.8 Å². The molecule has 1 fully saturated rings. The van der Waals surface area contributed by atoms with Gasteiger partial charge in [0.15, 0.2) is 5.75 Å². The number of ketones is 1. The van der Waals surface area contributed by atoms with Crippen molar-refractivity contribution in [3.63, 3.8) is 0 Å². The number of aliphatic hydroxyl groups is 2. The van der Waals surface area contributed by atoms with Crippen molar-refractivity contribution < 1.29 is 58.9 Å². The highest BCUT2D eigenvalue weighted by atomic mass is 16.7. The molecule has 4 heterocycles. The average molecular weight is 927 g/mol. The third-order valence-corrected chi connectivity index (χ3v) is 13.7. The number of phenolic OH excluding ortho intramolecular Hbond substituents is 3. The van der Waals surface area contributed by atoms with E-state index in [1.54, 1.807) is 39.8 Å². The van der Waals surface area contributed by atoms with Gasteiger partial charge in [0.1, 0.15) is 23.4 Å². The molecule has 4 aliphatic heterocycles. The Balaban J connectivity index is 1.48. The van der Waals surface area contributed by atoms with E-state index in [2.05, 4.69) is 36.2 Å². The number of Topliss-reactive ketones (excluding diaryl/α,β-unsaturated/α-hetero) is 1. The number of anilines is 1. The molecule has 1 amide bonds. The summed E-state index contributed by atoms with van der Waals surface area (Å²) in [5.74, 6) is -8.45. The van der Waals surface area contributed by atoms with Gasteiger partial charge in [0.25, 0.3) is 11.7 Å². The maximum Gasteiger partial charge on any atom is 0.312 e. The summed E-state index contributed by atoms with van der Waals surface area (Å²) < 4.78 is 23.8. The number of aliphatic hydroxyl groups excluding tert-OH is 2. The predicted octanol–water partition coefficient (Wildman–Crippen LogP) is 6.68. The third kappa shape index (κ3) is 10.2. The lowest BCUT2D eigenvalue weighted by Gasteiger charge is -2.43. The maximum atomic E-state index is 14.6. The molecule has 6 N–H and O–H groups in total. The fraction of sp³-hybridized carbons (Fsp3) is 0.490. The molecule has 1 saturated heterocycles. The quantitative estimate of drug-likeness (QED) is 0.0658. The van der Waals surface area contributed by atoms with Crippen LogP contribution in [0.4, 0.5) is 5.69 Å². The lowest BCUT2D eigenvalue weighted by atomic mass is 9.78. The number of benzene rings is 3. The van der Waals surface area contributed by atoms with Crippen LogP contribution in [0, 0.1) is 30.6 Å². The first-order valence-corrected chi connectivity index (χ1v) is 22.8. The minimum absolute atomic E-state index is 0.0503. The summed E-state index contributed by atoms with van der Waals surface area (Å²) in [5, 5.41) is 68.0. The molecule has 3 aromatic carbocycles. The monoisotopic (exact) mass is 926 g/mol. The molecule has 7 rings (SSSR count). The highest BCUT2D eigenvalue weighted by Crippen LogP contribution is 2.55. The molecule has 0 radical (unpaired) electrons. The van der Waals surface area contributed by atoms with Crippen molar-refractivity contribution in [2.75, 3.05) is 25.5 Å². The van der Waals surface area contributed by atoms with E-state index in [1.807, 2.05) is 23.2 Å². The number of carbonyl (C=O) groups is 3. The Labute approximate surface area is 392 Å². The van der Waals surface area contributed by atoms with Gasteiger partial charge in [-0.05, 0) is 39.3 Å². The summed E-state index contributed by atoms with van der Waals surface area (Å²) in [6, 6.07) is 10.3. The number of ether oxygens (including phenoxy) is 4. The van der Waals surface area contributed by atoms with E-state index in [4.69, 9.17) is 24.0 Å². The average Bonchev–Trinajstić information content (AvgIpc) is 3.55. The molecule has 67 heavy (non-hydrogen) atoms. The van der Waals surface area contributed by atoms with Crippen molar-refractivity contribution >= 4 is 40.3 Å². The number of carbonyl (C=O) groups excluding carboxylic acids is 3. The van der Waals surface area contributed by atoms with E-state index in [0.717, 1.165) is 6.54 Å². The summed E-state index contributed by atoms with van der Waals surface area (Å²) in [5.41, 5.74) is 0.787. The van der Waals surface area contributed by atoms with E-state index < -0.39 is 88.8 Å². The summed E-state index contributed by atoms with van der Waals surface area (Å²) >= 11 is 0. The van der Waals surface area contributed by atoms with Crippen LogP contribution < -0.4 is 10.1 Å². The standard InChI is InChI=1S/C51H66N4O12/c1-26-16-15-17-27(2)50(63)53-41-36(22-52-54-23-28(3)55(29(4)24-54)25-35-18-13-12-14-19-35)45(60)38-39(46(41)61)44(59)33(8)48-40(38)49(62)51(10,67-48)65-21-20-37(64-11)30(5)47(66-34(9)56)32(7)43(58)31(6)42(26)57/h12-22,26,28-32,37,42-43,47,57-61H,23-25H2,1-11H3,(H,53,63)/b16-15+,21-20+,27-17+,52-22+/t26-,28?,29?,30+,31+,32+,37-,42-,43+,47+,51-/m0/s1. The predicted molar refractivity (Wildman–Crippen MR) is 254 cm³/mol. The largest absolute Gasteiger partial charge is 0.507 e. The number of allylic oxidation sites excluding steroid dienone is 2. The van der Waals surface area contributed by atoms with E-state index in [1.165, 1.54) is 65.0 Å². The van der Waals surface area contributed by atoms with Crippen LogP contribution in [0.15, 0.2) is 71.6 Å². The second-order valence-corrected chi connectivity index (χ2v) is 18.6. The lowest BCUT2D eigenvalue weighted by molar-refractivity contribution is -0.160. The number of esters is 1. The van der Waals surface area contributed by atoms with Crippen LogP contribution in [-0.4, -0.2) is 122 Å². The number of fused-ring (bicyclic) bond motifs is 14. The number of piperazine rings is 1. The van der Waals surface area contributed by atoms with Crippen molar-refractivity contribution in [1.82, 2.24) is 9.91 Å². The minimum atomic E-state index is -2.06. The van der Waals surface area contributed by atoms with Crippen LogP contribution >= 0.6 is 0 Å². The van der Waals surface area contributed by atoms with Gasteiger partial charge in [-0.2, -0.15) is 5.10 Å². The number of nitrogens with zero attached hydrogens (tertiary/aromatic N) is 3. The van der Waals surface area contributed by atoms with Gasteiger partial charge >= 0.3 is 11.8 Å². The third-order valence-electron chi connectivity index (χ3n) is 13.7. The van der Waals surface area contributed by atoms with Gasteiger partial charge in [0, 0.05) is 79.8 Å². The van der Waals surface area contributed by atoms with Gasteiger partial charge in [-0.3, -0.25) is 24.3 Å². The second-order valence-electron chi connectivity index (χ2n) is 18.6. The normalized spacial score (nSPS) is 31.8. The van der Waals surface area contributed by atoms with Gasteiger partial charge < -0.3 is 49.8 Å². The molecular formula is C51H66N4O12. The van der Waals surface area contributed by atoms with Crippen LogP contribution in [0.3, 0.4) is 0 Å². The molecule has 16 nitrogen and oxygen atoms in total. The minimum Gasteiger partial charge on any atom is -0.507 e. The zero-order valence-corrected chi connectivity index (χ0v) is 40.2. The van der Waals surface area contributed by atoms with Crippen LogP contribution in [0.5, 0.6) is 23.0 Å². The van der Waals surface area contributed by atoms with Gasteiger partial charge in [0.2, 0.25) is 0 Å². The number of aromatic hydroxyl groups is 3. The fourth-order valence-electron chi connectivity index (χ4n) is 9.54. The van der Waals surface area contributed by atoms with Gasteiger partial charge in [-0.25, -0.2) is 0 Å². The first-order valence-electron chi connectivity index (χ1n) is 22.8. The van der Waals surface area contributed by atoms with Crippen LogP contribution in [0.1, 0.15) is 89.4 Å². The molecule has 0 spiro atoms. The second kappa shape index (κ2) is 20.5. The number of rotatable bonds is 6. The number of phenols is 3. The SMILES string of the molecule is CO[C@H]1/C=C/O[C@@]2(C)Oc3c(C)c(O)c4c(O)c(c(/C=N/N5CC(C)N(Cc6ccccc6)C(C)C5)c(O)c4c3C2=O)NC(=O)/C(C)=C/C=C/[C@H](C)[C@H](O)[C@@H](C)[C@@H](O)[C@@H](C)[C@H](OC(C)=O)[C@@H]1C. The van der Waals surface area contributed by atoms with Crippen LogP contribution in [0.2, 0.25) is 0 Å². The van der Waals surface area contributed by atoms with E-state index >= 15 is 0 Å². The number of amides is 1. The lowest BCUT2D eigenvalue weighted by Crippen LogP contribution is -2.54. The number of hydrogen-bond acceptors (Lipinski definition) is 15. The van der Waals surface area contributed by atoms with Crippen molar-refractivity contribution in [2.24, 2.45) is 28.8 Å². The first kappa shape index (κ1) is 50.5. The van der Waals surface area contributed by atoms with Crippen molar-refractivity contribution in [2.45, 2.75) is 118 Å². The van der Waals surface area contributed by atoms with Crippen LogP contribution in [-0.2, 0) is 30.3 Å². The van der Waals surface area contributed by atoms with Gasteiger partial charge in [0.05, 0.1) is 66.1 Å². The summed E-state index contributed by atoms with van der Waals surface area (Å²) in [6.07, 6.45) is 4.88. The van der Waals surface area contributed by atoms with E-state index in [-0.39, 0.29) is 56.6 Å². The Morgan fingerprint density at radius 1 is 0.910 bits per heavy atom. The zero-order chi connectivity index (χ0) is 49.2. The first-order chi connectivity index (χ1) is 31.6. The Morgan fingerprint density at radius 2 is 1.57 bits per heavy atom. The Hall–Kier alpha value is -5.94. The summed E-state index contributed by atoms with van der Waals surface area (Å²) in [6.45, 7) is 18.5. The maximum absolute atomic E-state index is 14.6.